The van der Waals surface area contributed by atoms with Crippen LogP contribution in [0.4, 0.5) is 5.69 Å². The van der Waals surface area contributed by atoms with Crippen LogP contribution in [0.1, 0.15) is 36.8 Å². The molecule has 0 saturated carbocycles. The zero-order chi connectivity index (χ0) is 22.5. The van der Waals surface area contributed by atoms with Gasteiger partial charge >= 0.3 is 0 Å². The number of rotatable bonds is 3. The molecule has 3 nitrogen and oxygen atoms in total. The molecule has 0 unspecified atom stereocenters. The molecule has 0 atom stereocenters. The van der Waals surface area contributed by atoms with E-state index in [4.69, 9.17) is 0 Å². The van der Waals surface area contributed by atoms with Gasteiger partial charge in [-0.2, -0.15) is 4.31 Å². The molecule has 2 aromatic rings. The Labute approximate surface area is 188 Å². The average Bonchev–Trinajstić information content (AvgIpc) is 2.73. The Bertz CT molecular complexity index is 1200. The lowest BCUT2D eigenvalue weighted by Gasteiger charge is -2.20. The van der Waals surface area contributed by atoms with Crippen LogP contribution in [0.3, 0.4) is 0 Å². The van der Waals surface area contributed by atoms with Crippen LogP contribution < -0.4 is 4.31 Å². The molecular weight excluding hydrogens is 418 g/mol. The number of hydrogen-bond acceptors (Lipinski definition) is 2. The van der Waals surface area contributed by atoms with Crippen molar-refractivity contribution < 1.29 is 8.42 Å². The number of para-hydroxylation sites is 1. The van der Waals surface area contributed by atoms with Crippen molar-refractivity contribution in [3.05, 3.63) is 71.3 Å². The predicted octanol–water partition coefficient (Wildman–Crippen LogP) is 5.88. The van der Waals surface area contributed by atoms with Crippen molar-refractivity contribution in [2.45, 2.75) is 57.1 Å². The van der Waals surface area contributed by atoms with Gasteiger partial charge < -0.3 is 0 Å². The normalized spacial score (nSPS) is 13.9. The average molecular weight is 448 g/mol. The fourth-order valence-corrected chi connectivity index (χ4v) is 4.94. The molecule has 0 aromatic heterocycles. The van der Waals surface area contributed by atoms with Gasteiger partial charge in [-0.3, -0.25) is 0 Å². The molecule has 1 aliphatic carbocycles. The van der Waals surface area contributed by atoms with E-state index in [0.29, 0.717) is 11.3 Å². The minimum atomic E-state index is -3.86. The molecule has 0 saturated heterocycles. The Kier molecular flexibility index (Phi) is 7.10. The first-order valence-electron chi connectivity index (χ1n) is 10.6. The zero-order valence-corrected chi connectivity index (χ0v) is 20.5. The van der Waals surface area contributed by atoms with E-state index in [0.717, 1.165) is 30.4 Å². The highest BCUT2D eigenvalue weighted by Crippen LogP contribution is 2.27. The van der Waals surface area contributed by atoms with Crippen molar-refractivity contribution in [1.82, 2.24) is 0 Å². The summed E-state index contributed by atoms with van der Waals surface area (Å²) in [6, 6.07) is 17.2. The van der Waals surface area contributed by atoms with Gasteiger partial charge in [-0.25, -0.2) is 8.42 Å². The molecule has 0 amide bonds. The molecule has 0 bridgehead atoms. The van der Waals surface area contributed by atoms with Gasteiger partial charge in [0.05, 0.1) is 16.1 Å². The van der Waals surface area contributed by atoms with Crippen molar-refractivity contribution in [2.75, 3.05) is 4.31 Å². The van der Waals surface area contributed by atoms with Gasteiger partial charge in [0, 0.05) is 6.04 Å². The van der Waals surface area contributed by atoms with E-state index in [9.17, 15) is 8.42 Å². The molecule has 160 valence electrons. The first-order chi connectivity index (χ1) is 14.7. The summed E-state index contributed by atoms with van der Waals surface area (Å²) in [5, 5.41) is 0. The zero-order valence-electron chi connectivity index (χ0n) is 18.7. The van der Waals surface area contributed by atoms with Gasteiger partial charge in [0.15, 0.2) is 0 Å². The number of sulfonamides is 1. The fraction of sp³-hybridized carbons (Fsp3) is 0.308. The third kappa shape index (κ3) is 6.14. The van der Waals surface area contributed by atoms with Crippen LogP contribution in [-0.4, -0.2) is 16.5 Å². The molecule has 0 N–H and O–H groups in total. The second-order valence-corrected chi connectivity index (χ2v) is 15.3. The summed E-state index contributed by atoms with van der Waals surface area (Å²) < 4.78 is 28.4. The summed E-state index contributed by atoms with van der Waals surface area (Å²) in [7, 11) is -5.68. The highest BCUT2D eigenvalue weighted by molar-refractivity contribution is 7.93. The molecule has 0 spiro atoms. The van der Waals surface area contributed by atoms with Crippen LogP contribution in [0.15, 0.2) is 65.1 Å². The van der Waals surface area contributed by atoms with Crippen LogP contribution >= 0.6 is 0 Å². The highest BCUT2D eigenvalue weighted by Gasteiger charge is 2.26. The molecule has 0 fully saturated rings. The number of nitrogens with zero attached hydrogens (tertiary/aromatic N) is 1. The Hall–Kier alpha value is -2.73. The summed E-state index contributed by atoms with van der Waals surface area (Å²) in [6.45, 7) is 8.22. The molecule has 3 rings (SSSR count). The van der Waals surface area contributed by atoms with Crippen LogP contribution in [-0.2, 0) is 10.0 Å². The molecule has 31 heavy (non-hydrogen) atoms. The Balaban J connectivity index is 2.13. The number of anilines is 1. The van der Waals surface area contributed by atoms with Crippen molar-refractivity contribution >= 4 is 23.8 Å². The summed E-state index contributed by atoms with van der Waals surface area (Å²) in [5.41, 5.74) is 6.51. The minimum Gasteiger partial charge on any atom is -0.200 e. The second-order valence-electron chi connectivity index (χ2n) is 8.81. The van der Waals surface area contributed by atoms with Crippen molar-refractivity contribution in [3.8, 4) is 23.4 Å². The maximum atomic E-state index is 13.6. The van der Waals surface area contributed by atoms with Gasteiger partial charge in [0.1, 0.15) is 8.07 Å². The minimum absolute atomic E-state index is 0.223. The quantitative estimate of drug-likeness (QED) is 0.335. The topological polar surface area (TPSA) is 37.4 Å². The van der Waals surface area contributed by atoms with Crippen molar-refractivity contribution in [1.29, 1.82) is 0 Å². The van der Waals surface area contributed by atoms with Gasteiger partial charge in [0.2, 0.25) is 0 Å². The monoisotopic (exact) mass is 447 g/mol. The molecule has 0 aliphatic heterocycles. The highest BCUT2D eigenvalue weighted by atomic mass is 32.2. The predicted molar refractivity (Wildman–Crippen MR) is 132 cm³/mol. The van der Waals surface area contributed by atoms with E-state index in [1.165, 1.54) is 10.7 Å². The number of aryl methyl sites for hydroxylation is 1. The molecule has 2 aromatic carbocycles. The Morgan fingerprint density at radius 1 is 0.935 bits per heavy atom. The van der Waals surface area contributed by atoms with E-state index in [1.807, 2.05) is 25.1 Å². The second kappa shape index (κ2) is 9.60. The van der Waals surface area contributed by atoms with E-state index in [-0.39, 0.29) is 4.90 Å². The van der Waals surface area contributed by atoms with E-state index in [2.05, 4.69) is 49.1 Å². The van der Waals surface area contributed by atoms with Gasteiger partial charge in [0.25, 0.3) is 10.0 Å². The SMILES string of the molecule is Cc1ccc(S(=O)(=O)N(C#C[Si](C)(C)C)c2ccccc2C#CC2=CCCCC2)cc1. The Morgan fingerprint density at radius 3 is 2.29 bits per heavy atom. The van der Waals surface area contributed by atoms with Crippen LogP contribution in [0.2, 0.25) is 19.6 Å². The molecule has 0 heterocycles. The third-order valence-electron chi connectivity index (χ3n) is 4.86. The van der Waals surface area contributed by atoms with Crippen LogP contribution in [0, 0.1) is 30.4 Å². The maximum absolute atomic E-state index is 13.6. The molecular formula is C26H29NO2SSi. The first kappa shape index (κ1) is 22.9. The first-order valence-corrected chi connectivity index (χ1v) is 15.6. The standard InChI is InChI=1S/C26H29NO2SSi/c1-22-14-18-25(19-15-22)30(28,29)27(20-21-31(2,3)4)26-13-9-8-12-24(26)17-16-23-10-6-5-7-11-23/h8-10,12-15,18-19H,5-7,11H2,1-4H3. The smallest absolute Gasteiger partial charge is 0.200 e. The number of hydrogen-bond donors (Lipinski definition) is 0. The lowest BCUT2D eigenvalue weighted by Crippen LogP contribution is -2.28. The van der Waals surface area contributed by atoms with Crippen molar-refractivity contribution in [2.24, 2.45) is 0 Å². The van der Waals surface area contributed by atoms with Gasteiger partial charge in [-0.05, 0) is 62.4 Å². The summed E-state index contributed by atoms with van der Waals surface area (Å²) in [6.07, 6.45) is 6.58. The lowest BCUT2D eigenvalue weighted by molar-refractivity contribution is 0.596. The van der Waals surface area contributed by atoms with Gasteiger partial charge in [-0.15, -0.1) is 5.54 Å². The molecule has 5 heteroatoms. The lowest BCUT2D eigenvalue weighted by atomic mass is 10.00. The Morgan fingerprint density at radius 2 is 1.65 bits per heavy atom. The van der Waals surface area contributed by atoms with E-state index in [1.54, 1.807) is 30.3 Å². The fourth-order valence-electron chi connectivity index (χ4n) is 3.14. The number of allylic oxidation sites excluding steroid dienone is 2. The maximum Gasteiger partial charge on any atom is 0.275 e. The van der Waals surface area contributed by atoms with Crippen LogP contribution in [0.5, 0.6) is 0 Å². The summed E-state index contributed by atoms with van der Waals surface area (Å²) in [5.74, 6) is 6.47. The molecule has 0 radical (unpaired) electrons. The summed E-state index contributed by atoms with van der Waals surface area (Å²) >= 11 is 0. The van der Waals surface area contributed by atoms with Crippen molar-refractivity contribution in [3.63, 3.8) is 0 Å². The summed E-state index contributed by atoms with van der Waals surface area (Å²) in [4.78, 5) is 0.223. The molecule has 1 aliphatic rings. The van der Waals surface area contributed by atoms with E-state index < -0.39 is 18.1 Å². The largest absolute Gasteiger partial charge is 0.275 e. The van der Waals surface area contributed by atoms with Gasteiger partial charge in [-0.1, -0.05) is 67.4 Å². The van der Waals surface area contributed by atoms with Crippen LogP contribution in [0.25, 0.3) is 0 Å². The van der Waals surface area contributed by atoms with E-state index >= 15 is 0 Å². The number of benzene rings is 2. The third-order valence-corrected chi connectivity index (χ3v) is 7.36.